The van der Waals surface area contributed by atoms with Crippen LogP contribution in [-0.4, -0.2) is 28.7 Å². The van der Waals surface area contributed by atoms with Crippen LogP contribution in [0.2, 0.25) is 0 Å². The van der Waals surface area contributed by atoms with Crippen molar-refractivity contribution in [3.63, 3.8) is 0 Å². The van der Waals surface area contributed by atoms with E-state index >= 15 is 0 Å². The minimum atomic E-state index is -0.345. The number of carbonyl (C=O) groups is 1. The van der Waals surface area contributed by atoms with Gasteiger partial charge in [0.15, 0.2) is 0 Å². The maximum absolute atomic E-state index is 11.9. The van der Waals surface area contributed by atoms with Crippen LogP contribution < -0.4 is 4.74 Å². The fourth-order valence-electron chi connectivity index (χ4n) is 2.50. The van der Waals surface area contributed by atoms with E-state index in [1.54, 1.807) is 12.3 Å². The molecule has 1 aromatic heterocycles. The first-order chi connectivity index (χ1) is 10.7. The average Bonchev–Trinajstić information content (AvgIpc) is 2.87. The van der Waals surface area contributed by atoms with Gasteiger partial charge >= 0.3 is 5.97 Å². The summed E-state index contributed by atoms with van der Waals surface area (Å²) < 4.78 is 12.8. The number of nitrogens with zero attached hydrogens (tertiary/aromatic N) is 2. The van der Waals surface area contributed by atoms with Gasteiger partial charge in [0, 0.05) is 18.9 Å². The molecular weight excluding hydrogens is 280 g/mol. The predicted octanol–water partition coefficient (Wildman–Crippen LogP) is 2.96. The highest BCUT2D eigenvalue weighted by atomic mass is 16.5. The van der Waals surface area contributed by atoms with E-state index in [4.69, 9.17) is 9.47 Å². The number of benzene rings is 1. The molecule has 5 nitrogen and oxygen atoms in total. The molecule has 0 amide bonds. The molecule has 0 radical (unpaired) electrons. The normalized spacial score (nSPS) is 14.5. The Balaban J connectivity index is 1.87. The second kappa shape index (κ2) is 6.22. The number of esters is 1. The molecular formula is C17H20N2O3. The molecule has 0 spiro atoms. The van der Waals surface area contributed by atoms with Crippen LogP contribution in [0.25, 0.3) is 0 Å². The number of hydrogen-bond donors (Lipinski definition) is 0. The fraction of sp³-hybridized carbons (Fsp3) is 0.412. The minimum Gasteiger partial charge on any atom is -0.490 e. The molecule has 0 bridgehead atoms. The van der Waals surface area contributed by atoms with Crippen LogP contribution in [0.1, 0.15) is 41.0 Å². The average molecular weight is 300 g/mol. The van der Waals surface area contributed by atoms with E-state index < -0.39 is 0 Å². The number of imidazole rings is 1. The van der Waals surface area contributed by atoms with Gasteiger partial charge in [0.25, 0.3) is 0 Å². The summed E-state index contributed by atoms with van der Waals surface area (Å²) in [4.78, 5) is 16.1. The molecule has 0 unspecified atom stereocenters. The van der Waals surface area contributed by atoms with Crippen LogP contribution in [0.4, 0.5) is 0 Å². The Morgan fingerprint density at radius 3 is 2.77 bits per heavy atom. The lowest BCUT2D eigenvalue weighted by atomic mass is 9.96. The largest absolute Gasteiger partial charge is 0.490 e. The van der Waals surface area contributed by atoms with Crippen molar-refractivity contribution in [1.29, 1.82) is 0 Å². The van der Waals surface area contributed by atoms with Gasteiger partial charge in [0.1, 0.15) is 11.6 Å². The Morgan fingerprint density at radius 1 is 1.36 bits per heavy atom. The molecule has 1 aliphatic rings. The number of aryl methyl sites for hydroxylation is 1. The van der Waals surface area contributed by atoms with E-state index in [0.29, 0.717) is 12.1 Å². The predicted molar refractivity (Wildman–Crippen MR) is 82.1 cm³/mol. The molecule has 5 heteroatoms. The van der Waals surface area contributed by atoms with Gasteiger partial charge < -0.3 is 14.0 Å². The molecule has 2 aromatic rings. The van der Waals surface area contributed by atoms with Crippen molar-refractivity contribution in [2.75, 3.05) is 7.11 Å². The minimum absolute atomic E-state index is 0.274. The number of rotatable bonds is 5. The van der Waals surface area contributed by atoms with Gasteiger partial charge in [-0.15, -0.1) is 0 Å². The third kappa shape index (κ3) is 3.13. The zero-order valence-electron chi connectivity index (χ0n) is 12.9. The summed E-state index contributed by atoms with van der Waals surface area (Å²) in [6.45, 7) is 2.60. The van der Waals surface area contributed by atoms with Crippen LogP contribution in [-0.2, 0) is 11.3 Å². The molecule has 1 heterocycles. The van der Waals surface area contributed by atoms with E-state index in [0.717, 1.165) is 30.0 Å². The van der Waals surface area contributed by atoms with Crippen molar-refractivity contribution >= 4 is 5.97 Å². The molecule has 1 aliphatic carbocycles. The quantitative estimate of drug-likeness (QED) is 0.797. The lowest BCUT2D eigenvalue weighted by Crippen LogP contribution is -2.24. The lowest BCUT2D eigenvalue weighted by molar-refractivity contribution is 0.0598. The molecule has 1 saturated carbocycles. The Morgan fingerprint density at radius 2 is 2.18 bits per heavy atom. The molecule has 0 N–H and O–H groups in total. The number of methoxy groups -OCH3 is 1. The monoisotopic (exact) mass is 300 g/mol. The third-order valence-corrected chi connectivity index (χ3v) is 4.02. The van der Waals surface area contributed by atoms with Crippen molar-refractivity contribution in [3.8, 4) is 5.75 Å². The SMILES string of the molecule is COC(=O)c1cc(Cn2ccnc2C)cc(OC2CCC2)c1. The summed E-state index contributed by atoms with van der Waals surface area (Å²) in [5.74, 6) is 1.33. The van der Waals surface area contributed by atoms with Crippen molar-refractivity contribution in [2.24, 2.45) is 0 Å². The Kier molecular flexibility index (Phi) is 4.13. The zero-order chi connectivity index (χ0) is 15.5. The van der Waals surface area contributed by atoms with Crippen LogP contribution in [0.5, 0.6) is 5.75 Å². The fourth-order valence-corrected chi connectivity index (χ4v) is 2.50. The first kappa shape index (κ1) is 14.6. The van der Waals surface area contributed by atoms with Gasteiger partial charge in [-0.1, -0.05) is 0 Å². The van der Waals surface area contributed by atoms with Gasteiger partial charge in [-0.05, 0) is 49.9 Å². The van der Waals surface area contributed by atoms with E-state index in [1.165, 1.54) is 13.5 Å². The highest BCUT2D eigenvalue weighted by molar-refractivity contribution is 5.90. The van der Waals surface area contributed by atoms with Crippen LogP contribution in [0.3, 0.4) is 0 Å². The number of hydrogen-bond acceptors (Lipinski definition) is 4. The summed E-state index contributed by atoms with van der Waals surface area (Å²) in [6, 6.07) is 5.59. The maximum atomic E-state index is 11.9. The number of aromatic nitrogens is 2. The molecule has 3 rings (SSSR count). The Hall–Kier alpha value is -2.30. The molecule has 1 aromatic carbocycles. The number of ether oxygens (including phenoxy) is 2. The van der Waals surface area contributed by atoms with Crippen molar-refractivity contribution in [3.05, 3.63) is 47.5 Å². The molecule has 0 aliphatic heterocycles. The van der Waals surface area contributed by atoms with Gasteiger partial charge in [-0.3, -0.25) is 0 Å². The Labute approximate surface area is 129 Å². The van der Waals surface area contributed by atoms with E-state index in [2.05, 4.69) is 4.98 Å². The molecule has 0 atom stereocenters. The molecule has 1 fully saturated rings. The highest BCUT2D eigenvalue weighted by Crippen LogP contribution is 2.27. The lowest BCUT2D eigenvalue weighted by Gasteiger charge is -2.26. The summed E-state index contributed by atoms with van der Waals surface area (Å²) in [5.41, 5.74) is 1.52. The highest BCUT2D eigenvalue weighted by Gasteiger charge is 2.20. The van der Waals surface area contributed by atoms with Crippen molar-refractivity contribution < 1.29 is 14.3 Å². The van der Waals surface area contributed by atoms with Crippen LogP contribution >= 0.6 is 0 Å². The second-order valence-electron chi connectivity index (χ2n) is 5.63. The summed E-state index contributed by atoms with van der Waals surface area (Å²) in [5, 5.41) is 0. The second-order valence-corrected chi connectivity index (χ2v) is 5.63. The van der Waals surface area contributed by atoms with E-state index in [-0.39, 0.29) is 12.1 Å². The topological polar surface area (TPSA) is 53.4 Å². The van der Waals surface area contributed by atoms with Gasteiger partial charge in [-0.25, -0.2) is 9.78 Å². The molecule has 0 saturated heterocycles. The van der Waals surface area contributed by atoms with Gasteiger partial charge in [0.2, 0.25) is 0 Å². The summed E-state index contributed by atoms with van der Waals surface area (Å²) >= 11 is 0. The Bertz CT molecular complexity index is 674. The van der Waals surface area contributed by atoms with Gasteiger partial charge in [0.05, 0.1) is 18.8 Å². The first-order valence-corrected chi connectivity index (χ1v) is 7.52. The van der Waals surface area contributed by atoms with E-state index in [9.17, 15) is 4.79 Å². The van der Waals surface area contributed by atoms with Crippen molar-refractivity contribution in [2.45, 2.75) is 38.8 Å². The zero-order valence-corrected chi connectivity index (χ0v) is 12.9. The van der Waals surface area contributed by atoms with Crippen molar-refractivity contribution in [1.82, 2.24) is 9.55 Å². The first-order valence-electron chi connectivity index (χ1n) is 7.52. The van der Waals surface area contributed by atoms with E-state index in [1.807, 2.05) is 29.8 Å². The molecule has 116 valence electrons. The van der Waals surface area contributed by atoms with Gasteiger partial charge in [-0.2, -0.15) is 0 Å². The third-order valence-electron chi connectivity index (χ3n) is 4.02. The standard InChI is InChI=1S/C17H20N2O3/c1-12-18-6-7-19(12)11-13-8-14(17(20)21-2)10-16(9-13)22-15-4-3-5-15/h6-10,15H,3-5,11H2,1-2H3. The maximum Gasteiger partial charge on any atom is 0.337 e. The van der Waals surface area contributed by atoms with Crippen LogP contribution in [0.15, 0.2) is 30.6 Å². The molecule has 22 heavy (non-hydrogen) atoms. The number of carbonyl (C=O) groups excluding carboxylic acids is 1. The summed E-state index contributed by atoms with van der Waals surface area (Å²) in [6.07, 6.45) is 7.34. The van der Waals surface area contributed by atoms with Crippen LogP contribution in [0, 0.1) is 6.92 Å². The smallest absolute Gasteiger partial charge is 0.337 e. The summed E-state index contributed by atoms with van der Waals surface area (Å²) in [7, 11) is 1.39.